The predicted octanol–water partition coefficient (Wildman–Crippen LogP) is 1.76. The van der Waals surface area contributed by atoms with Gasteiger partial charge in [0.25, 0.3) is 5.24 Å². The number of benzene rings is 1. The Hall–Kier alpha value is -1.33. The van der Waals surface area contributed by atoms with E-state index in [-0.39, 0.29) is 17.8 Å². The molecule has 2 amide bonds. The first-order valence-corrected chi connectivity index (χ1v) is 6.35. The highest BCUT2D eigenvalue weighted by Crippen LogP contribution is 2.20. The number of hydrogen-bond acceptors (Lipinski definition) is 4. The zero-order valence-electron chi connectivity index (χ0n) is 9.26. The first-order chi connectivity index (χ1) is 8.20. The topological polar surface area (TPSA) is 57.6 Å². The number of carbonyl (C=O) groups excluding carboxylic acids is 2. The lowest BCUT2D eigenvalue weighted by Crippen LogP contribution is -2.37. The fourth-order valence-electron chi connectivity index (χ4n) is 1.63. The SMILES string of the molecule is O=C1CCSC(=O)N1Cc1ccc(CO)cc1. The molecule has 1 aliphatic rings. The van der Waals surface area contributed by atoms with Gasteiger partial charge in [0.05, 0.1) is 13.2 Å². The Kier molecular flexibility index (Phi) is 3.81. The van der Waals surface area contributed by atoms with Crippen LogP contribution >= 0.6 is 11.8 Å². The van der Waals surface area contributed by atoms with Gasteiger partial charge in [-0.2, -0.15) is 0 Å². The highest BCUT2D eigenvalue weighted by atomic mass is 32.2. The third-order valence-electron chi connectivity index (χ3n) is 2.61. The van der Waals surface area contributed by atoms with Crippen LogP contribution in [0.2, 0.25) is 0 Å². The molecule has 0 aromatic heterocycles. The number of aliphatic hydroxyl groups excluding tert-OH is 1. The maximum atomic E-state index is 11.6. The lowest BCUT2D eigenvalue weighted by atomic mass is 10.1. The Morgan fingerprint density at radius 2 is 1.82 bits per heavy atom. The normalized spacial score (nSPS) is 16.4. The summed E-state index contributed by atoms with van der Waals surface area (Å²) in [5.41, 5.74) is 1.71. The average molecular weight is 251 g/mol. The quantitative estimate of drug-likeness (QED) is 0.889. The molecular formula is C12H13NO3S. The molecule has 0 radical (unpaired) electrons. The Bertz CT molecular complexity index is 414. The second-order valence-electron chi connectivity index (χ2n) is 3.82. The van der Waals surface area contributed by atoms with Crippen molar-refractivity contribution in [1.29, 1.82) is 0 Å². The minimum atomic E-state index is -0.174. The molecule has 0 spiro atoms. The van der Waals surface area contributed by atoms with Gasteiger partial charge in [-0.05, 0) is 11.1 Å². The van der Waals surface area contributed by atoms with Crippen LogP contribution in [0.3, 0.4) is 0 Å². The van der Waals surface area contributed by atoms with Gasteiger partial charge in [-0.1, -0.05) is 36.0 Å². The predicted molar refractivity (Wildman–Crippen MR) is 65.4 cm³/mol. The van der Waals surface area contributed by atoms with E-state index < -0.39 is 0 Å². The third kappa shape index (κ3) is 2.87. The van der Waals surface area contributed by atoms with Crippen LogP contribution in [-0.4, -0.2) is 26.9 Å². The molecule has 0 saturated carbocycles. The van der Waals surface area contributed by atoms with Crippen LogP contribution in [0.15, 0.2) is 24.3 Å². The molecule has 1 heterocycles. The molecule has 1 aliphatic heterocycles. The molecule has 2 rings (SSSR count). The van der Waals surface area contributed by atoms with Gasteiger partial charge in [-0.15, -0.1) is 0 Å². The molecule has 0 unspecified atom stereocenters. The second-order valence-corrected chi connectivity index (χ2v) is 4.87. The standard InChI is InChI=1S/C12H13NO3S/c14-8-10-3-1-9(2-4-10)7-13-11(15)5-6-17-12(13)16/h1-4,14H,5-8H2. The van der Waals surface area contributed by atoms with E-state index in [0.29, 0.717) is 18.7 Å². The fraction of sp³-hybridized carbons (Fsp3) is 0.333. The van der Waals surface area contributed by atoms with Gasteiger partial charge >= 0.3 is 0 Å². The molecule has 4 nitrogen and oxygen atoms in total. The molecule has 0 aliphatic carbocycles. The van der Waals surface area contributed by atoms with Crippen LogP contribution in [0.5, 0.6) is 0 Å². The van der Waals surface area contributed by atoms with E-state index in [9.17, 15) is 9.59 Å². The van der Waals surface area contributed by atoms with E-state index in [1.54, 1.807) is 12.1 Å². The van der Waals surface area contributed by atoms with Crippen LogP contribution in [0.1, 0.15) is 17.5 Å². The smallest absolute Gasteiger partial charge is 0.288 e. The number of hydrogen-bond donors (Lipinski definition) is 1. The van der Waals surface area contributed by atoms with Crippen LogP contribution in [-0.2, 0) is 17.9 Å². The summed E-state index contributed by atoms with van der Waals surface area (Å²) in [7, 11) is 0. The van der Waals surface area contributed by atoms with Gasteiger partial charge in [0.1, 0.15) is 0 Å². The van der Waals surface area contributed by atoms with Gasteiger partial charge < -0.3 is 5.11 Å². The monoisotopic (exact) mass is 251 g/mol. The van der Waals surface area contributed by atoms with E-state index in [1.807, 2.05) is 12.1 Å². The molecule has 0 atom stereocenters. The van der Waals surface area contributed by atoms with Crippen molar-refractivity contribution < 1.29 is 14.7 Å². The Labute approximate surface area is 104 Å². The molecule has 17 heavy (non-hydrogen) atoms. The fourth-order valence-corrected chi connectivity index (χ4v) is 2.40. The molecule has 90 valence electrons. The van der Waals surface area contributed by atoms with Crippen LogP contribution in [0.25, 0.3) is 0 Å². The number of imide groups is 1. The van der Waals surface area contributed by atoms with Gasteiger partial charge in [-0.3, -0.25) is 14.5 Å². The molecular weight excluding hydrogens is 238 g/mol. The summed E-state index contributed by atoms with van der Waals surface area (Å²) < 4.78 is 0. The molecule has 1 fully saturated rings. The lowest BCUT2D eigenvalue weighted by molar-refractivity contribution is -0.128. The van der Waals surface area contributed by atoms with Crippen molar-refractivity contribution in [2.75, 3.05) is 5.75 Å². The first kappa shape index (κ1) is 12.1. The second kappa shape index (κ2) is 5.33. The van der Waals surface area contributed by atoms with Gasteiger partial charge in [0, 0.05) is 12.2 Å². The van der Waals surface area contributed by atoms with Crippen molar-refractivity contribution in [2.24, 2.45) is 0 Å². The zero-order chi connectivity index (χ0) is 12.3. The third-order valence-corrected chi connectivity index (χ3v) is 3.48. The van der Waals surface area contributed by atoms with E-state index >= 15 is 0 Å². The highest BCUT2D eigenvalue weighted by Gasteiger charge is 2.26. The number of amides is 2. The number of rotatable bonds is 3. The largest absolute Gasteiger partial charge is 0.392 e. The lowest BCUT2D eigenvalue weighted by Gasteiger charge is -2.24. The van der Waals surface area contributed by atoms with Crippen molar-refractivity contribution in [3.8, 4) is 0 Å². The number of nitrogens with zero attached hydrogens (tertiary/aromatic N) is 1. The summed E-state index contributed by atoms with van der Waals surface area (Å²) in [6, 6.07) is 7.24. The van der Waals surface area contributed by atoms with Crippen molar-refractivity contribution in [2.45, 2.75) is 19.6 Å². The van der Waals surface area contributed by atoms with Crippen molar-refractivity contribution in [3.63, 3.8) is 0 Å². The summed E-state index contributed by atoms with van der Waals surface area (Å²) in [4.78, 5) is 24.4. The molecule has 0 bridgehead atoms. The molecule has 1 saturated heterocycles. The van der Waals surface area contributed by atoms with Gasteiger partial charge in [0.15, 0.2) is 0 Å². The highest BCUT2D eigenvalue weighted by molar-refractivity contribution is 8.13. The van der Waals surface area contributed by atoms with E-state index in [4.69, 9.17) is 5.11 Å². The molecule has 1 aromatic carbocycles. The summed E-state index contributed by atoms with van der Waals surface area (Å²) in [5, 5.41) is 8.74. The number of carbonyl (C=O) groups is 2. The average Bonchev–Trinajstić information content (AvgIpc) is 2.35. The maximum absolute atomic E-state index is 11.6. The van der Waals surface area contributed by atoms with Crippen LogP contribution in [0.4, 0.5) is 4.79 Å². The number of aliphatic hydroxyl groups is 1. The van der Waals surface area contributed by atoms with E-state index in [2.05, 4.69) is 0 Å². The molecule has 5 heteroatoms. The molecule has 1 aromatic rings. The zero-order valence-corrected chi connectivity index (χ0v) is 10.1. The van der Waals surface area contributed by atoms with Crippen LogP contribution in [0, 0.1) is 0 Å². The summed E-state index contributed by atoms with van der Waals surface area (Å²) >= 11 is 1.18. The van der Waals surface area contributed by atoms with Gasteiger partial charge in [-0.25, -0.2) is 0 Å². The van der Waals surface area contributed by atoms with Crippen molar-refractivity contribution >= 4 is 22.9 Å². The van der Waals surface area contributed by atoms with Crippen molar-refractivity contribution in [3.05, 3.63) is 35.4 Å². The van der Waals surface area contributed by atoms with E-state index in [0.717, 1.165) is 11.1 Å². The summed E-state index contributed by atoms with van der Waals surface area (Å²) in [5.74, 6) is 0.470. The van der Waals surface area contributed by atoms with E-state index in [1.165, 1.54) is 16.7 Å². The minimum absolute atomic E-state index is 0.00227. The first-order valence-electron chi connectivity index (χ1n) is 5.36. The maximum Gasteiger partial charge on any atom is 0.288 e. The number of thioether (sulfide) groups is 1. The van der Waals surface area contributed by atoms with Gasteiger partial charge in [0.2, 0.25) is 5.91 Å². The minimum Gasteiger partial charge on any atom is -0.392 e. The Morgan fingerprint density at radius 3 is 2.41 bits per heavy atom. The summed E-state index contributed by atoms with van der Waals surface area (Å²) in [6.07, 6.45) is 0.422. The van der Waals surface area contributed by atoms with Crippen LogP contribution < -0.4 is 0 Å². The Morgan fingerprint density at radius 1 is 1.18 bits per heavy atom. The Balaban J connectivity index is 2.08. The summed E-state index contributed by atoms with van der Waals surface area (Å²) in [6.45, 7) is 0.314. The molecule has 1 N–H and O–H groups in total. The van der Waals surface area contributed by atoms with Crippen molar-refractivity contribution in [1.82, 2.24) is 4.90 Å².